The highest BCUT2D eigenvalue weighted by Gasteiger charge is 2.29. The quantitative estimate of drug-likeness (QED) is 0.297. The normalized spacial score (nSPS) is 12.4. The van der Waals surface area contributed by atoms with E-state index in [9.17, 15) is 19.2 Å². The maximum absolute atomic E-state index is 13.0. The summed E-state index contributed by atoms with van der Waals surface area (Å²) in [5.74, 6) is -1.89. The van der Waals surface area contributed by atoms with E-state index in [0.717, 1.165) is 21.2 Å². The van der Waals surface area contributed by atoms with Crippen LogP contribution >= 0.6 is 15.9 Å². The number of halogens is 1. The molecule has 2 atom stereocenters. The molecular weight excluding hydrogens is 524 g/mol. The van der Waals surface area contributed by atoms with Crippen molar-refractivity contribution in [1.82, 2.24) is 21.3 Å². The Morgan fingerprint density at radius 3 is 2.14 bits per heavy atom. The predicted octanol–water partition coefficient (Wildman–Crippen LogP) is 3.75. The molecule has 2 aromatic carbocycles. The molecule has 0 spiro atoms. The van der Waals surface area contributed by atoms with E-state index < -0.39 is 35.7 Å². The third-order valence-electron chi connectivity index (χ3n) is 5.58. The highest BCUT2D eigenvalue weighted by atomic mass is 79.9. The molecule has 0 aliphatic rings. The Kier molecular flexibility index (Phi) is 11.6. The third kappa shape index (κ3) is 9.45. The van der Waals surface area contributed by atoms with Gasteiger partial charge in [-0.3, -0.25) is 14.4 Å². The molecule has 2 rings (SSSR count). The van der Waals surface area contributed by atoms with Gasteiger partial charge in [-0.1, -0.05) is 79.2 Å². The molecule has 2 unspecified atom stereocenters. The van der Waals surface area contributed by atoms with E-state index in [1.165, 1.54) is 0 Å². The van der Waals surface area contributed by atoms with Crippen LogP contribution in [0.25, 0.3) is 0 Å². The number of nitrogens with one attached hydrogen (secondary N) is 4. The molecule has 0 radical (unpaired) electrons. The summed E-state index contributed by atoms with van der Waals surface area (Å²) in [5, 5.41) is 10.7. The largest absolute Gasteiger partial charge is 0.345 e. The van der Waals surface area contributed by atoms with E-state index in [4.69, 9.17) is 0 Å². The Hall–Kier alpha value is -3.20. The van der Waals surface area contributed by atoms with Crippen LogP contribution in [0.2, 0.25) is 0 Å². The molecule has 0 bridgehead atoms. The second-order valence-corrected chi connectivity index (χ2v) is 9.95. The van der Waals surface area contributed by atoms with Gasteiger partial charge in [-0.05, 0) is 48.4 Å². The van der Waals surface area contributed by atoms with Crippen molar-refractivity contribution in [2.45, 2.75) is 65.7 Å². The standard InChI is InChI=1S/C27H35BrN4O4/c1-5-22(24(33)26(35)29-16-20-12-11-18(4)21(28)14-20)31-25(34)23(13-17(2)3)32-27(36)30-15-19-9-7-6-8-10-19/h6-12,14,17,22-23H,5,13,15-16H2,1-4H3,(H,29,35)(H,31,34)(H2,30,32,36). The molecule has 0 aliphatic heterocycles. The summed E-state index contributed by atoms with van der Waals surface area (Å²) < 4.78 is 0.913. The first kappa shape index (κ1) is 29.0. The van der Waals surface area contributed by atoms with Gasteiger partial charge in [0.05, 0.1) is 6.04 Å². The number of aryl methyl sites for hydroxylation is 1. The number of carbonyl (C=O) groups is 4. The van der Waals surface area contributed by atoms with Crippen LogP contribution in [-0.4, -0.2) is 35.7 Å². The number of Topliss-reactive ketones (excluding diaryl/α,β-unsaturated/α-hetero) is 1. The van der Waals surface area contributed by atoms with Crippen LogP contribution < -0.4 is 21.3 Å². The van der Waals surface area contributed by atoms with E-state index in [1.54, 1.807) is 6.92 Å². The molecule has 2 aromatic rings. The topological polar surface area (TPSA) is 116 Å². The lowest BCUT2D eigenvalue weighted by Crippen LogP contribution is -2.55. The molecule has 0 heterocycles. The lowest BCUT2D eigenvalue weighted by Gasteiger charge is -2.23. The Morgan fingerprint density at radius 2 is 1.53 bits per heavy atom. The van der Waals surface area contributed by atoms with Gasteiger partial charge in [-0.15, -0.1) is 0 Å². The zero-order valence-electron chi connectivity index (χ0n) is 21.2. The molecule has 36 heavy (non-hydrogen) atoms. The molecule has 8 nitrogen and oxygen atoms in total. The maximum atomic E-state index is 13.0. The molecule has 0 fully saturated rings. The fourth-order valence-corrected chi connectivity index (χ4v) is 3.92. The maximum Gasteiger partial charge on any atom is 0.315 e. The monoisotopic (exact) mass is 558 g/mol. The summed E-state index contributed by atoms with van der Waals surface area (Å²) in [5.41, 5.74) is 2.83. The van der Waals surface area contributed by atoms with Gasteiger partial charge in [0.15, 0.2) is 0 Å². The molecule has 4 amide bonds. The molecule has 4 N–H and O–H groups in total. The SMILES string of the molecule is CCC(NC(=O)C(CC(C)C)NC(=O)NCc1ccccc1)C(=O)C(=O)NCc1ccc(C)c(Br)c1. The van der Waals surface area contributed by atoms with Gasteiger partial charge in [0.25, 0.3) is 5.91 Å². The fraction of sp³-hybridized carbons (Fsp3) is 0.407. The Balaban J connectivity index is 1.95. The van der Waals surface area contributed by atoms with Gasteiger partial charge in [-0.2, -0.15) is 0 Å². The Labute approximate surface area is 221 Å². The molecule has 194 valence electrons. The number of amides is 4. The van der Waals surface area contributed by atoms with Gasteiger partial charge >= 0.3 is 6.03 Å². The first-order chi connectivity index (χ1) is 17.1. The number of rotatable bonds is 12. The summed E-state index contributed by atoms with van der Waals surface area (Å²) >= 11 is 3.45. The Morgan fingerprint density at radius 1 is 0.861 bits per heavy atom. The number of ketones is 1. The highest BCUT2D eigenvalue weighted by Crippen LogP contribution is 2.17. The lowest BCUT2D eigenvalue weighted by molar-refractivity contribution is -0.140. The van der Waals surface area contributed by atoms with Crippen molar-refractivity contribution in [2.24, 2.45) is 5.92 Å². The first-order valence-electron chi connectivity index (χ1n) is 12.1. The van der Waals surface area contributed by atoms with Gasteiger partial charge in [0, 0.05) is 17.6 Å². The zero-order chi connectivity index (χ0) is 26.7. The van der Waals surface area contributed by atoms with Gasteiger partial charge in [0.2, 0.25) is 11.7 Å². The minimum absolute atomic E-state index is 0.114. The summed E-state index contributed by atoms with van der Waals surface area (Å²) in [6.45, 7) is 8.04. The van der Waals surface area contributed by atoms with Crippen LogP contribution in [0.5, 0.6) is 0 Å². The average Bonchev–Trinajstić information content (AvgIpc) is 2.85. The van der Waals surface area contributed by atoms with E-state index in [-0.39, 0.29) is 18.9 Å². The van der Waals surface area contributed by atoms with Crippen LogP contribution in [0.3, 0.4) is 0 Å². The van der Waals surface area contributed by atoms with Crippen molar-refractivity contribution >= 4 is 39.6 Å². The van der Waals surface area contributed by atoms with Crippen molar-refractivity contribution in [3.8, 4) is 0 Å². The van der Waals surface area contributed by atoms with E-state index in [2.05, 4.69) is 37.2 Å². The average molecular weight is 560 g/mol. The van der Waals surface area contributed by atoms with Gasteiger partial charge in [0.1, 0.15) is 6.04 Å². The van der Waals surface area contributed by atoms with E-state index >= 15 is 0 Å². The molecular formula is C27H35BrN4O4. The smallest absolute Gasteiger partial charge is 0.315 e. The number of hydrogen-bond donors (Lipinski definition) is 4. The van der Waals surface area contributed by atoms with E-state index in [1.807, 2.05) is 69.3 Å². The minimum Gasteiger partial charge on any atom is -0.345 e. The molecule has 9 heteroatoms. The van der Waals surface area contributed by atoms with Crippen LogP contribution in [0, 0.1) is 12.8 Å². The van der Waals surface area contributed by atoms with Gasteiger partial charge < -0.3 is 21.3 Å². The van der Waals surface area contributed by atoms with Crippen LogP contribution in [0.15, 0.2) is 53.0 Å². The fourth-order valence-electron chi connectivity index (χ4n) is 3.49. The molecule has 0 saturated carbocycles. The van der Waals surface area contributed by atoms with Crippen molar-refractivity contribution in [3.05, 3.63) is 69.7 Å². The number of hydrogen-bond acceptors (Lipinski definition) is 4. The minimum atomic E-state index is -0.994. The van der Waals surface area contributed by atoms with Crippen LogP contribution in [0.1, 0.15) is 50.3 Å². The van der Waals surface area contributed by atoms with Crippen LogP contribution in [-0.2, 0) is 27.5 Å². The summed E-state index contributed by atoms with van der Waals surface area (Å²) in [6.07, 6.45) is 0.617. The predicted molar refractivity (Wildman–Crippen MR) is 143 cm³/mol. The summed E-state index contributed by atoms with van der Waals surface area (Å²) in [6, 6.07) is 12.8. The Bertz CT molecular complexity index is 1060. The number of urea groups is 1. The second kappa shape index (κ2) is 14.4. The molecule has 0 aromatic heterocycles. The van der Waals surface area contributed by atoms with E-state index in [0.29, 0.717) is 13.0 Å². The van der Waals surface area contributed by atoms with Crippen molar-refractivity contribution in [2.75, 3.05) is 0 Å². The number of benzene rings is 2. The van der Waals surface area contributed by atoms with Crippen molar-refractivity contribution in [1.29, 1.82) is 0 Å². The van der Waals surface area contributed by atoms with Crippen molar-refractivity contribution in [3.63, 3.8) is 0 Å². The van der Waals surface area contributed by atoms with Crippen LogP contribution in [0.4, 0.5) is 4.79 Å². The molecule has 0 saturated heterocycles. The first-order valence-corrected chi connectivity index (χ1v) is 12.9. The number of carbonyl (C=O) groups excluding carboxylic acids is 4. The van der Waals surface area contributed by atoms with Gasteiger partial charge in [-0.25, -0.2) is 4.79 Å². The molecule has 0 aliphatic carbocycles. The second-order valence-electron chi connectivity index (χ2n) is 9.09. The third-order valence-corrected chi connectivity index (χ3v) is 6.43. The summed E-state index contributed by atoms with van der Waals surface area (Å²) in [7, 11) is 0. The lowest BCUT2D eigenvalue weighted by atomic mass is 10.0. The zero-order valence-corrected chi connectivity index (χ0v) is 22.8. The van der Waals surface area contributed by atoms with Crippen molar-refractivity contribution < 1.29 is 19.2 Å². The summed E-state index contributed by atoms with van der Waals surface area (Å²) in [4.78, 5) is 50.7. The highest BCUT2D eigenvalue weighted by molar-refractivity contribution is 9.10.